The summed E-state index contributed by atoms with van der Waals surface area (Å²) in [4.78, 5) is 11.0. The summed E-state index contributed by atoms with van der Waals surface area (Å²) in [6.07, 6.45) is -0.585. The van der Waals surface area contributed by atoms with Gasteiger partial charge in [0.2, 0.25) is 0 Å². The zero-order chi connectivity index (χ0) is 10.7. The van der Waals surface area contributed by atoms with E-state index in [1.54, 1.807) is 20.8 Å². The number of carbonyl (C=O) groups is 1. The van der Waals surface area contributed by atoms with Crippen molar-refractivity contribution in [2.75, 3.05) is 6.54 Å². The van der Waals surface area contributed by atoms with E-state index in [-0.39, 0.29) is 6.54 Å². The molecule has 78 valence electrons. The second kappa shape index (κ2) is 3.94. The fraction of sp³-hybridized carbons (Fsp3) is 0.889. The normalized spacial score (nSPS) is 12.5. The smallest absolute Gasteiger partial charge is 0.407 e. The van der Waals surface area contributed by atoms with Crippen molar-refractivity contribution in [1.29, 1.82) is 0 Å². The van der Waals surface area contributed by atoms with E-state index in [0.717, 1.165) is 0 Å². The molecule has 0 spiro atoms. The molecular weight excluding hydrogens is 173 g/mol. The van der Waals surface area contributed by atoms with Gasteiger partial charge in [-0.3, -0.25) is 0 Å². The first-order valence-electron chi connectivity index (χ1n) is 4.26. The van der Waals surface area contributed by atoms with Crippen LogP contribution in [-0.2, 0) is 4.74 Å². The lowest BCUT2D eigenvalue weighted by molar-refractivity contribution is 0.0492. The van der Waals surface area contributed by atoms with E-state index in [0.29, 0.717) is 0 Å². The van der Waals surface area contributed by atoms with Crippen molar-refractivity contribution in [3.05, 3.63) is 0 Å². The van der Waals surface area contributed by atoms with E-state index in [1.807, 2.05) is 0 Å². The van der Waals surface area contributed by atoms with Crippen molar-refractivity contribution in [1.82, 2.24) is 5.32 Å². The van der Waals surface area contributed by atoms with Crippen molar-refractivity contribution in [2.24, 2.45) is 0 Å². The molecule has 0 aliphatic rings. The Hall–Kier alpha value is -0.800. The lowest BCUT2D eigenvalue weighted by Crippen LogP contribution is -2.38. The first kappa shape index (κ1) is 12.2. The Morgan fingerprint density at radius 2 is 1.77 bits per heavy atom. The van der Waals surface area contributed by atoms with Crippen LogP contribution in [0.2, 0.25) is 0 Å². The van der Waals surface area contributed by atoms with Crippen molar-refractivity contribution in [3.8, 4) is 0 Å². The second-order valence-electron chi connectivity index (χ2n) is 4.57. The molecule has 1 N–H and O–H groups in total. The zero-order valence-corrected chi connectivity index (χ0v) is 8.90. The van der Waals surface area contributed by atoms with Crippen LogP contribution in [0.1, 0.15) is 34.6 Å². The largest absolute Gasteiger partial charge is 0.444 e. The minimum atomic E-state index is -1.41. The Bertz CT molecular complexity index is 179. The standard InChI is InChI=1S/C9H18FNO2/c1-8(2,3)13-7(12)11-6-9(4,5)10/h6H2,1-5H3,(H,11,12). The van der Waals surface area contributed by atoms with E-state index in [2.05, 4.69) is 5.32 Å². The highest BCUT2D eigenvalue weighted by Crippen LogP contribution is 2.08. The summed E-state index contributed by atoms with van der Waals surface area (Å²) in [6.45, 7) is 8.02. The molecule has 0 aromatic heterocycles. The summed E-state index contributed by atoms with van der Waals surface area (Å²) in [5.74, 6) is 0. The zero-order valence-electron chi connectivity index (χ0n) is 8.90. The molecule has 0 aliphatic heterocycles. The molecule has 0 heterocycles. The molecule has 13 heavy (non-hydrogen) atoms. The topological polar surface area (TPSA) is 38.3 Å². The second-order valence-corrected chi connectivity index (χ2v) is 4.57. The third kappa shape index (κ3) is 9.11. The van der Waals surface area contributed by atoms with Gasteiger partial charge in [-0.25, -0.2) is 9.18 Å². The predicted molar refractivity (Wildman–Crippen MR) is 49.4 cm³/mol. The van der Waals surface area contributed by atoms with Crippen molar-refractivity contribution < 1.29 is 13.9 Å². The lowest BCUT2D eigenvalue weighted by atomic mass is 10.2. The Balaban J connectivity index is 3.78. The van der Waals surface area contributed by atoms with Crippen LogP contribution in [0.25, 0.3) is 0 Å². The molecule has 0 unspecified atom stereocenters. The number of alkyl carbamates (subject to hydrolysis) is 1. The van der Waals surface area contributed by atoms with Crippen LogP contribution < -0.4 is 5.32 Å². The Morgan fingerprint density at radius 3 is 2.08 bits per heavy atom. The average Bonchev–Trinajstić information content (AvgIpc) is 1.78. The molecule has 0 saturated heterocycles. The quantitative estimate of drug-likeness (QED) is 0.727. The summed E-state index contributed by atoms with van der Waals surface area (Å²) in [5, 5.41) is 2.34. The van der Waals surface area contributed by atoms with Crippen LogP contribution in [-0.4, -0.2) is 23.9 Å². The van der Waals surface area contributed by atoms with Crippen molar-refractivity contribution in [2.45, 2.75) is 45.9 Å². The number of carbonyl (C=O) groups excluding carboxylic acids is 1. The van der Waals surface area contributed by atoms with E-state index >= 15 is 0 Å². The molecule has 0 aromatic carbocycles. The van der Waals surface area contributed by atoms with Crippen LogP contribution >= 0.6 is 0 Å². The SMILES string of the molecule is CC(C)(F)CNC(=O)OC(C)(C)C. The van der Waals surface area contributed by atoms with Gasteiger partial charge in [0.15, 0.2) is 0 Å². The third-order valence-electron chi connectivity index (χ3n) is 1.05. The molecule has 0 rings (SSSR count). The number of ether oxygens (including phenoxy) is 1. The van der Waals surface area contributed by atoms with Gasteiger partial charge in [0, 0.05) is 0 Å². The fourth-order valence-corrected chi connectivity index (χ4v) is 0.597. The summed E-state index contributed by atoms with van der Waals surface area (Å²) >= 11 is 0. The Labute approximate surface area is 78.6 Å². The van der Waals surface area contributed by atoms with Crippen LogP contribution in [0, 0.1) is 0 Å². The minimum absolute atomic E-state index is 0.0398. The molecule has 3 nitrogen and oxygen atoms in total. The fourth-order valence-electron chi connectivity index (χ4n) is 0.597. The molecule has 4 heteroatoms. The van der Waals surface area contributed by atoms with Crippen LogP contribution in [0.3, 0.4) is 0 Å². The number of halogens is 1. The molecule has 0 saturated carbocycles. The Kier molecular flexibility index (Phi) is 3.70. The van der Waals surface area contributed by atoms with Crippen LogP contribution in [0.5, 0.6) is 0 Å². The first-order chi connectivity index (χ1) is 5.60. The van der Waals surface area contributed by atoms with Crippen molar-refractivity contribution in [3.63, 3.8) is 0 Å². The molecule has 1 amide bonds. The lowest BCUT2D eigenvalue weighted by Gasteiger charge is -2.21. The van der Waals surface area contributed by atoms with E-state index in [9.17, 15) is 9.18 Å². The van der Waals surface area contributed by atoms with Crippen molar-refractivity contribution >= 4 is 6.09 Å². The summed E-state index contributed by atoms with van der Waals surface area (Å²) < 4.78 is 17.8. The Morgan fingerprint density at radius 1 is 1.31 bits per heavy atom. The number of nitrogens with one attached hydrogen (secondary N) is 1. The van der Waals surface area contributed by atoms with Crippen LogP contribution in [0.15, 0.2) is 0 Å². The number of amides is 1. The van der Waals surface area contributed by atoms with Gasteiger partial charge < -0.3 is 10.1 Å². The number of rotatable bonds is 2. The van der Waals surface area contributed by atoms with Gasteiger partial charge in [-0.05, 0) is 34.6 Å². The maximum Gasteiger partial charge on any atom is 0.407 e. The first-order valence-corrected chi connectivity index (χ1v) is 4.26. The van der Waals surface area contributed by atoms with Gasteiger partial charge in [-0.2, -0.15) is 0 Å². The summed E-state index contributed by atoms with van der Waals surface area (Å²) in [7, 11) is 0. The van der Waals surface area contributed by atoms with Gasteiger partial charge in [0.05, 0.1) is 6.54 Å². The van der Waals surface area contributed by atoms with Gasteiger partial charge >= 0.3 is 6.09 Å². The molecule has 0 fully saturated rings. The summed E-state index contributed by atoms with van der Waals surface area (Å²) in [5.41, 5.74) is -1.94. The third-order valence-corrected chi connectivity index (χ3v) is 1.05. The van der Waals surface area contributed by atoms with E-state index < -0.39 is 17.4 Å². The minimum Gasteiger partial charge on any atom is -0.444 e. The van der Waals surface area contributed by atoms with Gasteiger partial charge in [0.1, 0.15) is 11.3 Å². The van der Waals surface area contributed by atoms with E-state index in [1.165, 1.54) is 13.8 Å². The maximum atomic E-state index is 12.9. The highest BCUT2D eigenvalue weighted by Gasteiger charge is 2.20. The molecule has 0 aliphatic carbocycles. The molecule has 0 atom stereocenters. The van der Waals surface area contributed by atoms with E-state index in [4.69, 9.17) is 4.74 Å². The average molecular weight is 191 g/mol. The monoisotopic (exact) mass is 191 g/mol. The highest BCUT2D eigenvalue weighted by atomic mass is 19.1. The summed E-state index contributed by atoms with van der Waals surface area (Å²) in [6, 6.07) is 0. The van der Waals surface area contributed by atoms with Crippen LogP contribution in [0.4, 0.5) is 9.18 Å². The number of hydrogen-bond acceptors (Lipinski definition) is 2. The molecule has 0 aromatic rings. The molecule has 0 bridgehead atoms. The molecule has 0 radical (unpaired) electrons. The van der Waals surface area contributed by atoms with Gasteiger partial charge in [-0.15, -0.1) is 0 Å². The predicted octanol–water partition coefficient (Wildman–Crippen LogP) is 2.26. The van der Waals surface area contributed by atoms with Gasteiger partial charge in [-0.1, -0.05) is 0 Å². The highest BCUT2D eigenvalue weighted by molar-refractivity contribution is 5.67. The number of alkyl halides is 1. The maximum absolute atomic E-state index is 12.9. The van der Waals surface area contributed by atoms with Gasteiger partial charge in [0.25, 0.3) is 0 Å². The molecular formula is C9H18FNO2. The number of hydrogen-bond donors (Lipinski definition) is 1.